The van der Waals surface area contributed by atoms with Gasteiger partial charge in [-0.3, -0.25) is 19.4 Å². The highest BCUT2D eigenvalue weighted by Crippen LogP contribution is 2.43. The van der Waals surface area contributed by atoms with Crippen LogP contribution in [-0.4, -0.2) is 76.2 Å². The zero-order chi connectivity index (χ0) is 26.9. The van der Waals surface area contributed by atoms with Gasteiger partial charge >= 0.3 is 0 Å². The molecule has 1 saturated carbocycles. The van der Waals surface area contributed by atoms with Crippen molar-refractivity contribution in [2.24, 2.45) is 5.92 Å². The average Bonchev–Trinajstić information content (AvgIpc) is 3.74. The molecule has 3 amide bonds. The van der Waals surface area contributed by atoms with Crippen LogP contribution in [0.4, 0.5) is 0 Å². The van der Waals surface area contributed by atoms with Gasteiger partial charge in [-0.25, -0.2) is 0 Å². The van der Waals surface area contributed by atoms with Crippen LogP contribution in [0.5, 0.6) is 5.75 Å². The Morgan fingerprint density at radius 3 is 2.64 bits per heavy atom. The molecule has 2 saturated heterocycles. The highest BCUT2D eigenvalue weighted by Gasteiger charge is 2.40. The molecule has 4 heterocycles. The van der Waals surface area contributed by atoms with E-state index in [1.165, 1.54) is 17.8 Å². The van der Waals surface area contributed by atoms with Crippen molar-refractivity contribution in [2.75, 3.05) is 32.7 Å². The number of fused-ring (bicyclic) bond motifs is 1. The van der Waals surface area contributed by atoms with Crippen LogP contribution in [0, 0.1) is 5.92 Å². The lowest BCUT2D eigenvalue weighted by molar-refractivity contribution is -0.141. The number of halogens is 1. The van der Waals surface area contributed by atoms with Crippen LogP contribution in [0.2, 0.25) is 0 Å². The average molecular weight is 616 g/mol. The van der Waals surface area contributed by atoms with Crippen LogP contribution in [0.3, 0.4) is 0 Å². The molecule has 4 aliphatic rings. The van der Waals surface area contributed by atoms with E-state index in [-0.39, 0.29) is 35.8 Å². The minimum Gasteiger partial charge on any atom is -0.488 e. The summed E-state index contributed by atoms with van der Waals surface area (Å²) in [6.07, 6.45) is 9.73. The Labute approximate surface area is 241 Å². The van der Waals surface area contributed by atoms with E-state index in [1.807, 2.05) is 21.9 Å². The van der Waals surface area contributed by atoms with E-state index in [0.29, 0.717) is 37.5 Å². The normalized spacial score (nSPS) is 23.8. The van der Waals surface area contributed by atoms with Crippen molar-refractivity contribution in [3.05, 3.63) is 44.3 Å². The standard InChI is InChI=1S/C29H35BrN4O4S/c30-22-8-9-24(38-20-10-13-33(16-20)29(37)25-15-31-18-39-25)27-21(22)11-14-34(28(36)19-5-2-1-3-6-19)23(27)17-32-12-4-7-26(32)35/h8-9,15,18-20,23H,1-7,10-14,16-17H2/t20-,23+/m0/s1. The summed E-state index contributed by atoms with van der Waals surface area (Å²) in [7, 11) is 0. The molecule has 3 fully saturated rings. The summed E-state index contributed by atoms with van der Waals surface area (Å²) in [5.41, 5.74) is 3.86. The summed E-state index contributed by atoms with van der Waals surface area (Å²) in [5.74, 6) is 1.22. The topological polar surface area (TPSA) is 83.1 Å². The molecule has 1 aromatic heterocycles. The lowest BCUT2D eigenvalue weighted by Crippen LogP contribution is -2.48. The van der Waals surface area contributed by atoms with Crippen LogP contribution < -0.4 is 4.74 Å². The van der Waals surface area contributed by atoms with Crippen molar-refractivity contribution in [3.8, 4) is 5.75 Å². The third-order valence-corrected chi connectivity index (χ3v) is 10.2. The summed E-state index contributed by atoms with van der Waals surface area (Å²) in [5, 5.41) is 0. The minimum absolute atomic E-state index is 0.00360. The monoisotopic (exact) mass is 614 g/mol. The molecule has 0 spiro atoms. The first-order chi connectivity index (χ1) is 19.0. The number of nitrogens with zero attached hydrogens (tertiary/aromatic N) is 4. The fraction of sp³-hybridized carbons (Fsp3) is 0.586. The smallest absolute Gasteiger partial charge is 0.265 e. The van der Waals surface area contributed by atoms with E-state index in [4.69, 9.17) is 4.74 Å². The number of aromatic nitrogens is 1. The molecule has 10 heteroatoms. The first-order valence-electron chi connectivity index (χ1n) is 14.2. The second-order valence-corrected chi connectivity index (χ2v) is 12.9. The van der Waals surface area contributed by atoms with Gasteiger partial charge in [0.1, 0.15) is 16.7 Å². The van der Waals surface area contributed by atoms with Gasteiger partial charge in [-0.05, 0) is 43.4 Å². The Kier molecular flexibility index (Phi) is 7.93. The van der Waals surface area contributed by atoms with E-state index in [2.05, 4.69) is 25.8 Å². The number of thiazole rings is 1. The van der Waals surface area contributed by atoms with Gasteiger partial charge in [0.15, 0.2) is 0 Å². The minimum atomic E-state index is -0.242. The summed E-state index contributed by atoms with van der Waals surface area (Å²) in [6, 6.07) is 3.78. The summed E-state index contributed by atoms with van der Waals surface area (Å²) >= 11 is 5.12. The zero-order valence-electron chi connectivity index (χ0n) is 22.1. The van der Waals surface area contributed by atoms with Crippen molar-refractivity contribution >= 4 is 45.0 Å². The summed E-state index contributed by atoms with van der Waals surface area (Å²) < 4.78 is 7.67. The molecule has 0 unspecified atom stereocenters. The van der Waals surface area contributed by atoms with Crippen molar-refractivity contribution in [2.45, 2.75) is 69.9 Å². The van der Waals surface area contributed by atoms with Gasteiger partial charge in [0.2, 0.25) is 11.8 Å². The third-order valence-electron chi connectivity index (χ3n) is 8.74. The second kappa shape index (κ2) is 11.6. The maximum Gasteiger partial charge on any atom is 0.265 e. The maximum absolute atomic E-state index is 13.9. The molecule has 0 radical (unpaired) electrons. The number of ether oxygens (including phenoxy) is 1. The lowest BCUT2D eigenvalue weighted by Gasteiger charge is -2.42. The molecule has 1 aliphatic carbocycles. The Hall–Kier alpha value is -2.46. The summed E-state index contributed by atoms with van der Waals surface area (Å²) in [6.45, 7) is 3.03. The maximum atomic E-state index is 13.9. The predicted molar refractivity (Wildman–Crippen MR) is 152 cm³/mol. The number of carbonyl (C=O) groups excluding carboxylic acids is 3. The fourth-order valence-electron chi connectivity index (χ4n) is 6.69. The Morgan fingerprint density at radius 1 is 1.05 bits per heavy atom. The van der Waals surface area contributed by atoms with E-state index in [9.17, 15) is 14.4 Å². The van der Waals surface area contributed by atoms with E-state index in [0.717, 1.165) is 72.8 Å². The first-order valence-corrected chi connectivity index (χ1v) is 15.9. The number of benzene rings is 1. The van der Waals surface area contributed by atoms with Crippen LogP contribution in [-0.2, 0) is 16.0 Å². The molecule has 2 aromatic rings. The molecule has 8 nitrogen and oxygen atoms in total. The van der Waals surface area contributed by atoms with Gasteiger partial charge in [-0.15, -0.1) is 11.3 Å². The summed E-state index contributed by atoms with van der Waals surface area (Å²) in [4.78, 5) is 50.0. The van der Waals surface area contributed by atoms with Crippen molar-refractivity contribution < 1.29 is 19.1 Å². The molecule has 0 bridgehead atoms. The van der Waals surface area contributed by atoms with Gasteiger partial charge in [0.25, 0.3) is 5.91 Å². The van der Waals surface area contributed by atoms with Gasteiger partial charge in [-0.1, -0.05) is 35.2 Å². The van der Waals surface area contributed by atoms with Gasteiger partial charge in [0, 0.05) is 55.0 Å². The molecule has 1 aromatic carbocycles. The zero-order valence-corrected chi connectivity index (χ0v) is 24.6. The van der Waals surface area contributed by atoms with Crippen molar-refractivity contribution in [1.82, 2.24) is 19.7 Å². The molecule has 208 valence electrons. The lowest BCUT2D eigenvalue weighted by atomic mass is 9.85. The highest BCUT2D eigenvalue weighted by atomic mass is 79.9. The van der Waals surface area contributed by atoms with Crippen LogP contribution in [0.25, 0.3) is 0 Å². The van der Waals surface area contributed by atoms with Gasteiger partial charge in [-0.2, -0.15) is 0 Å². The van der Waals surface area contributed by atoms with Crippen LogP contribution in [0.1, 0.15) is 78.2 Å². The first kappa shape index (κ1) is 26.7. The number of hydrogen-bond donors (Lipinski definition) is 0. The quantitative estimate of drug-likeness (QED) is 0.465. The van der Waals surface area contributed by atoms with Gasteiger partial charge < -0.3 is 19.4 Å². The Morgan fingerprint density at radius 2 is 1.90 bits per heavy atom. The Balaban J connectivity index is 1.28. The molecule has 0 N–H and O–H groups in total. The number of amides is 3. The van der Waals surface area contributed by atoms with Crippen LogP contribution in [0.15, 0.2) is 28.3 Å². The van der Waals surface area contributed by atoms with Crippen molar-refractivity contribution in [1.29, 1.82) is 0 Å². The van der Waals surface area contributed by atoms with Crippen molar-refractivity contribution in [3.63, 3.8) is 0 Å². The number of carbonyl (C=O) groups is 3. The molecule has 2 atom stereocenters. The van der Waals surface area contributed by atoms with Gasteiger partial charge in [0.05, 0.1) is 24.3 Å². The van der Waals surface area contributed by atoms with E-state index < -0.39 is 0 Å². The predicted octanol–water partition coefficient (Wildman–Crippen LogP) is 4.83. The number of rotatable bonds is 6. The SMILES string of the molecule is O=C1CCCN1C[C@@H]1c2c(O[C@H]3CCN(C(=O)c4cncs4)C3)ccc(Br)c2CCN1C(=O)C1CCCCC1. The fourth-order valence-corrected chi connectivity index (χ4v) is 7.82. The van der Waals surface area contributed by atoms with Crippen LogP contribution >= 0.6 is 27.3 Å². The van der Waals surface area contributed by atoms with E-state index in [1.54, 1.807) is 11.7 Å². The molecule has 3 aliphatic heterocycles. The molecular weight excluding hydrogens is 580 g/mol. The number of likely N-dealkylation sites (tertiary alicyclic amines) is 2. The molecule has 39 heavy (non-hydrogen) atoms. The second-order valence-electron chi connectivity index (χ2n) is 11.2. The third kappa shape index (κ3) is 5.46. The largest absolute Gasteiger partial charge is 0.488 e. The highest BCUT2D eigenvalue weighted by molar-refractivity contribution is 9.10. The molecular formula is C29H35BrN4O4S. The Bertz CT molecular complexity index is 1230. The van der Waals surface area contributed by atoms with E-state index >= 15 is 0 Å². The molecule has 6 rings (SSSR count). The number of hydrogen-bond acceptors (Lipinski definition) is 6.